The highest BCUT2D eigenvalue weighted by Gasteiger charge is 2.38. The number of hydrogen-bond donors (Lipinski definition) is 2. The molecule has 0 aliphatic heterocycles. The Morgan fingerprint density at radius 1 is 0.946 bits per heavy atom. The first-order valence-corrected chi connectivity index (χ1v) is 13.0. The number of benzene rings is 2. The van der Waals surface area contributed by atoms with Crippen LogP contribution in [0.2, 0.25) is 0 Å². The number of aryl methyl sites for hydroxylation is 2. The zero-order valence-corrected chi connectivity index (χ0v) is 23.6. The molecule has 0 saturated heterocycles. The fourth-order valence-electron chi connectivity index (χ4n) is 4.30. The lowest BCUT2D eigenvalue weighted by Crippen LogP contribution is -2.55. The molecular weight excluding hydrogens is 466 g/mol. The lowest BCUT2D eigenvalue weighted by molar-refractivity contribution is -0.143. The summed E-state index contributed by atoms with van der Waals surface area (Å²) < 4.78 is 5.43. The number of carbonyl (C=O) groups excluding carboxylic acids is 3. The summed E-state index contributed by atoms with van der Waals surface area (Å²) in [5.41, 5.74) is 2.92. The Bertz CT molecular complexity index is 1040. The van der Waals surface area contributed by atoms with E-state index in [-0.39, 0.29) is 17.7 Å². The summed E-state index contributed by atoms with van der Waals surface area (Å²) in [5, 5.41) is 5.80. The van der Waals surface area contributed by atoms with Crippen molar-refractivity contribution in [1.82, 2.24) is 15.5 Å². The smallest absolute Gasteiger partial charge is 0.408 e. The molecule has 7 heteroatoms. The van der Waals surface area contributed by atoms with Gasteiger partial charge in [-0.05, 0) is 69.2 Å². The van der Waals surface area contributed by atoms with Crippen molar-refractivity contribution in [3.05, 3.63) is 70.8 Å². The van der Waals surface area contributed by atoms with Crippen LogP contribution in [0.1, 0.15) is 76.3 Å². The second kappa shape index (κ2) is 13.3. The predicted molar refractivity (Wildman–Crippen MR) is 147 cm³/mol. The van der Waals surface area contributed by atoms with Crippen LogP contribution in [-0.4, -0.2) is 41.0 Å². The van der Waals surface area contributed by atoms with Gasteiger partial charge in [0.2, 0.25) is 11.8 Å². The summed E-state index contributed by atoms with van der Waals surface area (Å²) in [4.78, 5) is 42.1. The Morgan fingerprint density at radius 3 is 2.05 bits per heavy atom. The van der Waals surface area contributed by atoms with Crippen LogP contribution in [0.5, 0.6) is 0 Å². The summed E-state index contributed by atoms with van der Waals surface area (Å²) in [6.45, 7) is 15.6. The van der Waals surface area contributed by atoms with Crippen molar-refractivity contribution in [1.29, 1.82) is 0 Å². The van der Waals surface area contributed by atoms with E-state index in [1.807, 2.05) is 83.1 Å². The van der Waals surface area contributed by atoms with Crippen LogP contribution in [0.25, 0.3) is 0 Å². The first kappa shape index (κ1) is 29.9. The SMILES string of the molecule is CCCN(C(=O)C(NC(=O)OC(C)(C)C)C(C)C)C(C(=O)NCc1ccccc1)c1c(C)cccc1C. The van der Waals surface area contributed by atoms with Crippen LogP contribution < -0.4 is 10.6 Å². The van der Waals surface area contributed by atoms with Crippen LogP contribution in [0.15, 0.2) is 48.5 Å². The minimum atomic E-state index is -0.852. The van der Waals surface area contributed by atoms with Crippen LogP contribution in [0.4, 0.5) is 4.79 Å². The quantitative estimate of drug-likeness (QED) is 0.446. The Kier molecular flexibility index (Phi) is 10.7. The summed E-state index contributed by atoms with van der Waals surface area (Å²) in [7, 11) is 0. The Morgan fingerprint density at radius 2 is 1.54 bits per heavy atom. The standard InChI is InChI=1S/C30H43N3O4/c1-9-18-33(28(35)25(20(2)3)32-29(36)37-30(6,7)8)26(24-21(4)14-13-15-22(24)5)27(34)31-19-23-16-11-10-12-17-23/h10-17,20,25-26H,9,18-19H2,1-8H3,(H,31,34)(H,32,36). The Labute approximate surface area is 222 Å². The van der Waals surface area contributed by atoms with Crippen molar-refractivity contribution in [2.24, 2.45) is 5.92 Å². The largest absolute Gasteiger partial charge is 0.444 e. The van der Waals surface area contributed by atoms with Gasteiger partial charge in [0.25, 0.3) is 0 Å². The summed E-state index contributed by atoms with van der Waals surface area (Å²) in [6.07, 6.45) is -0.00993. The molecule has 7 nitrogen and oxygen atoms in total. The molecule has 0 bridgehead atoms. The maximum absolute atomic E-state index is 14.1. The zero-order valence-electron chi connectivity index (χ0n) is 23.6. The molecule has 2 unspecified atom stereocenters. The Balaban J connectivity index is 2.48. The number of alkyl carbamates (subject to hydrolysis) is 1. The maximum Gasteiger partial charge on any atom is 0.408 e. The molecular formula is C30H43N3O4. The molecule has 0 heterocycles. The second-order valence-corrected chi connectivity index (χ2v) is 10.8. The lowest BCUT2D eigenvalue weighted by atomic mass is 9.92. The van der Waals surface area contributed by atoms with E-state index in [0.29, 0.717) is 19.5 Å². The van der Waals surface area contributed by atoms with Crippen molar-refractivity contribution < 1.29 is 19.1 Å². The van der Waals surface area contributed by atoms with Gasteiger partial charge in [0.1, 0.15) is 17.7 Å². The van der Waals surface area contributed by atoms with Gasteiger partial charge in [0, 0.05) is 13.1 Å². The van der Waals surface area contributed by atoms with E-state index >= 15 is 0 Å². The van der Waals surface area contributed by atoms with Gasteiger partial charge in [0.05, 0.1) is 0 Å². The molecule has 3 amide bonds. The van der Waals surface area contributed by atoms with E-state index in [1.54, 1.807) is 25.7 Å². The monoisotopic (exact) mass is 509 g/mol. The third-order valence-corrected chi connectivity index (χ3v) is 6.04. The molecule has 2 atom stereocenters. The fourth-order valence-corrected chi connectivity index (χ4v) is 4.30. The van der Waals surface area contributed by atoms with Gasteiger partial charge in [-0.1, -0.05) is 69.3 Å². The number of rotatable bonds is 10. The summed E-state index contributed by atoms with van der Waals surface area (Å²) in [5.74, 6) is -0.793. The van der Waals surface area contributed by atoms with E-state index in [0.717, 1.165) is 22.3 Å². The van der Waals surface area contributed by atoms with Crippen LogP contribution in [-0.2, 0) is 20.9 Å². The highest BCUT2D eigenvalue weighted by atomic mass is 16.6. The molecule has 2 aromatic carbocycles. The zero-order chi connectivity index (χ0) is 27.8. The number of hydrogen-bond acceptors (Lipinski definition) is 4. The minimum Gasteiger partial charge on any atom is -0.444 e. The fraction of sp³-hybridized carbons (Fsp3) is 0.500. The van der Waals surface area contributed by atoms with Gasteiger partial charge in [-0.3, -0.25) is 9.59 Å². The highest BCUT2D eigenvalue weighted by molar-refractivity contribution is 5.92. The van der Waals surface area contributed by atoms with Crippen LogP contribution in [0.3, 0.4) is 0 Å². The van der Waals surface area contributed by atoms with Crippen molar-refractivity contribution in [3.63, 3.8) is 0 Å². The van der Waals surface area contributed by atoms with E-state index in [1.165, 1.54) is 0 Å². The average Bonchev–Trinajstić information content (AvgIpc) is 2.81. The highest BCUT2D eigenvalue weighted by Crippen LogP contribution is 2.29. The third kappa shape index (κ3) is 8.62. The summed E-state index contributed by atoms with van der Waals surface area (Å²) in [6, 6.07) is 13.8. The van der Waals surface area contributed by atoms with E-state index in [2.05, 4.69) is 10.6 Å². The minimum absolute atomic E-state index is 0.217. The number of nitrogens with zero attached hydrogens (tertiary/aromatic N) is 1. The first-order chi connectivity index (χ1) is 17.4. The Hall–Kier alpha value is -3.35. The maximum atomic E-state index is 14.1. The molecule has 0 spiro atoms. The molecule has 2 rings (SSSR count). The van der Waals surface area contributed by atoms with E-state index in [9.17, 15) is 14.4 Å². The number of amides is 3. The molecule has 0 aromatic heterocycles. The van der Waals surface area contributed by atoms with Crippen molar-refractivity contribution >= 4 is 17.9 Å². The van der Waals surface area contributed by atoms with Crippen molar-refractivity contribution in [2.75, 3.05) is 6.54 Å². The number of ether oxygens (including phenoxy) is 1. The molecule has 0 aliphatic rings. The third-order valence-electron chi connectivity index (χ3n) is 6.04. The predicted octanol–water partition coefficient (Wildman–Crippen LogP) is 5.45. The average molecular weight is 510 g/mol. The summed E-state index contributed by atoms with van der Waals surface area (Å²) >= 11 is 0. The topological polar surface area (TPSA) is 87.7 Å². The van der Waals surface area contributed by atoms with Crippen molar-refractivity contribution in [3.8, 4) is 0 Å². The molecule has 202 valence electrons. The van der Waals surface area contributed by atoms with Gasteiger partial charge in [-0.25, -0.2) is 4.79 Å². The molecule has 0 aliphatic carbocycles. The van der Waals surface area contributed by atoms with Crippen LogP contribution in [0, 0.1) is 19.8 Å². The van der Waals surface area contributed by atoms with E-state index < -0.39 is 23.8 Å². The molecule has 37 heavy (non-hydrogen) atoms. The number of carbonyl (C=O) groups is 3. The second-order valence-electron chi connectivity index (χ2n) is 10.8. The first-order valence-electron chi connectivity index (χ1n) is 13.0. The van der Waals surface area contributed by atoms with Gasteiger partial charge >= 0.3 is 6.09 Å². The normalized spacial score (nSPS) is 13.0. The van der Waals surface area contributed by atoms with E-state index in [4.69, 9.17) is 4.74 Å². The molecule has 0 fully saturated rings. The molecule has 0 radical (unpaired) electrons. The molecule has 0 saturated carbocycles. The lowest BCUT2D eigenvalue weighted by Gasteiger charge is -2.36. The number of nitrogens with one attached hydrogen (secondary N) is 2. The van der Waals surface area contributed by atoms with Gasteiger partial charge in [-0.2, -0.15) is 0 Å². The van der Waals surface area contributed by atoms with Gasteiger partial charge < -0.3 is 20.3 Å². The van der Waals surface area contributed by atoms with Gasteiger partial charge in [0.15, 0.2) is 0 Å². The molecule has 2 N–H and O–H groups in total. The van der Waals surface area contributed by atoms with Gasteiger partial charge in [-0.15, -0.1) is 0 Å². The van der Waals surface area contributed by atoms with Crippen LogP contribution >= 0.6 is 0 Å². The van der Waals surface area contributed by atoms with Crippen molar-refractivity contribution in [2.45, 2.75) is 86.0 Å². The molecule has 2 aromatic rings.